The number of hydrogen-bond donors (Lipinski definition) is 2. The summed E-state index contributed by atoms with van der Waals surface area (Å²) in [4.78, 5) is 32.3. The molecule has 1 unspecified atom stereocenters. The average Bonchev–Trinajstić information content (AvgIpc) is 3.73. The van der Waals surface area contributed by atoms with E-state index in [9.17, 15) is 9.90 Å². The molecule has 1 atom stereocenters. The van der Waals surface area contributed by atoms with Gasteiger partial charge in [0.25, 0.3) is 5.56 Å². The molecule has 2 N–H and O–H groups in total. The maximum atomic E-state index is 13.4. The van der Waals surface area contributed by atoms with Crippen molar-refractivity contribution >= 4 is 28.4 Å². The molecule has 0 amide bonds. The number of allylic oxidation sites excluding steroid dienone is 1. The van der Waals surface area contributed by atoms with Gasteiger partial charge in [0.15, 0.2) is 11.5 Å². The van der Waals surface area contributed by atoms with Gasteiger partial charge in [0.1, 0.15) is 11.0 Å². The van der Waals surface area contributed by atoms with E-state index in [0.717, 1.165) is 62.4 Å². The molecule has 2 fully saturated rings. The van der Waals surface area contributed by atoms with Crippen LogP contribution in [0.5, 0.6) is 0 Å². The zero-order valence-electron chi connectivity index (χ0n) is 22.8. The third-order valence-corrected chi connectivity index (χ3v) is 8.59. The van der Waals surface area contributed by atoms with Crippen LogP contribution < -0.4 is 15.8 Å². The quantitative estimate of drug-likeness (QED) is 0.346. The Hall–Kier alpha value is -4.02. The van der Waals surface area contributed by atoms with Crippen LogP contribution in [-0.2, 0) is 18.6 Å². The van der Waals surface area contributed by atoms with Gasteiger partial charge in [0.05, 0.1) is 12.2 Å². The summed E-state index contributed by atoms with van der Waals surface area (Å²) in [6.45, 7) is 8.27. The number of rotatable bonds is 7. The first kappa shape index (κ1) is 25.0. The number of aryl methyl sites for hydroxylation is 1. The van der Waals surface area contributed by atoms with Gasteiger partial charge in [-0.15, -0.1) is 6.58 Å². The summed E-state index contributed by atoms with van der Waals surface area (Å²) < 4.78 is 3.30. The smallest absolute Gasteiger partial charge is 0.278 e. The lowest BCUT2D eigenvalue weighted by Gasteiger charge is -2.34. The van der Waals surface area contributed by atoms with Gasteiger partial charge in [0.2, 0.25) is 5.95 Å². The Morgan fingerprint density at radius 3 is 2.60 bits per heavy atom. The third-order valence-electron chi connectivity index (χ3n) is 8.59. The summed E-state index contributed by atoms with van der Waals surface area (Å²) in [5, 5.41) is 15.2. The first-order valence-corrected chi connectivity index (χ1v) is 14.1. The number of hydrogen-bond acceptors (Lipinski definition) is 8. The van der Waals surface area contributed by atoms with Crippen molar-refractivity contribution in [2.45, 2.75) is 37.8 Å². The molecule has 3 aliphatic rings. The Balaban J connectivity index is 1.24. The second kappa shape index (κ2) is 9.57. The molecule has 4 aromatic rings. The molecule has 206 valence electrons. The number of pyridine rings is 1. The molecule has 7 rings (SSSR count). The van der Waals surface area contributed by atoms with E-state index in [2.05, 4.69) is 45.9 Å². The second-order valence-corrected chi connectivity index (χ2v) is 11.3. The van der Waals surface area contributed by atoms with Crippen molar-refractivity contribution < 1.29 is 5.11 Å². The first-order chi connectivity index (χ1) is 19.4. The maximum absolute atomic E-state index is 13.4. The summed E-state index contributed by atoms with van der Waals surface area (Å²) >= 11 is 0. The standard InChI is InChI=1S/C30H34N8O2/c1-3-14-37-28(39)24-19-31-29(32-22-7-9-23(10-8-22)36-17-15-35(2)16-18-36)34-27(24)38(37)25-11-4-20-12-13-30(40,21-5-6-21)26(20)33-25/h3-4,7-11,19,21,40H,1,5-6,12-18H2,2H3,(H,31,32,34). The Labute approximate surface area is 232 Å². The van der Waals surface area contributed by atoms with Gasteiger partial charge < -0.3 is 20.2 Å². The van der Waals surface area contributed by atoms with Crippen LogP contribution in [0.15, 0.2) is 60.0 Å². The summed E-state index contributed by atoms with van der Waals surface area (Å²) in [6, 6.07) is 12.2. The first-order valence-electron chi connectivity index (χ1n) is 14.1. The minimum atomic E-state index is -0.893. The lowest BCUT2D eigenvalue weighted by atomic mass is 9.95. The molecular weight excluding hydrogens is 504 g/mol. The number of aromatic nitrogens is 5. The highest BCUT2D eigenvalue weighted by molar-refractivity contribution is 5.77. The topological polar surface area (TPSA) is 104 Å². The molecule has 10 heteroatoms. The molecule has 1 saturated carbocycles. The zero-order valence-corrected chi connectivity index (χ0v) is 22.8. The van der Waals surface area contributed by atoms with Crippen LogP contribution in [0.25, 0.3) is 16.9 Å². The lowest BCUT2D eigenvalue weighted by molar-refractivity contribution is 0.0111. The van der Waals surface area contributed by atoms with Crippen LogP contribution in [0.1, 0.15) is 30.5 Å². The minimum Gasteiger partial charge on any atom is -0.383 e. The van der Waals surface area contributed by atoms with E-state index in [1.54, 1.807) is 21.6 Å². The molecule has 0 spiro atoms. The van der Waals surface area contributed by atoms with Crippen molar-refractivity contribution in [3.05, 3.63) is 76.9 Å². The number of anilines is 3. The van der Waals surface area contributed by atoms with Crippen LogP contribution in [-0.4, -0.2) is 67.5 Å². The second-order valence-electron chi connectivity index (χ2n) is 11.3. The van der Waals surface area contributed by atoms with E-state index < -0.39 is 5.60 Å². The molecule has 1 saturated heterocycles. The van der Waals surface area contributed by atoms with E-state index in [0.29, 0.717) is 29.2 Å². The van der Waals surface area contributed by atoms with Gasteiger partial charge in [-0.25, -0.2) is 19.3 Å². The van der Waals surface area contributed by atoms with Crippen molar-refractivity contribution in [2.75, 3.05) is 43.4 Å². The number of benzene rings is 1. The zero-order chi connectivity index (χ0) is 27.4. The van der Waals surface area contributed by atoms with E-state index in [-0.39, 0.29) is 18.0 Å². The Bertz CT molecular complexity index is 1650. The van der Waals surface area contributed by atoms with Gasteiger partial charge >= 0.3 is 0 Å². The van der Waals surface area contributed by atoms with Gasteiger partial charge in [-0.05, 0) is 74.5 Å². The van der Waals surface area contributed by atoms with Crippen LogP contribution in [0.3, 0.4) is 0 Å². The van der Waals surface area contributed by atoms with Crippen LogP contribution in [0, 0.1) is 5.92 Å². The summed E-state index contributed by atoms with van der Waals surface area (Å²) in [5.74, 6) is 1.20. The highest BCUT2D eigenvalue weighted by atomic mass is 16.3. The van der Waals surface area contributed by atoms with Gasteiger partial charge in [-0.1, -0.05) is 12.1 Å². The Kier molecular flexibility index (Phi) is 5.97. The van der Waals surface area contributed by atoms with Crippen molar-refractivity contribution in [3.63, 3.8) is 0 Å². The number of piperazine rings is 1. The maximum Gasteiger partial charge on any atom is 0.278 e. The predicted octanol–water partition coefficient (Wildman–Crippen LogP) is 3.20. The SMILES string of the molecule is C=CCn1c(=O)c2cnc(Nc3ccc(N4CCN(C)CC4)cc3)nc2n1-c1ccc2c(n1)C(O)(C1CC1)CC2. The normalized spacial score (nSPS) is 21.1. The van der Waals surface area contributed by atoms with Crippen LogP contribution in [0.4, 0.5) is 17.3 Å². The van der Waals surface area contributed by atoms with Gasteiger partial charge in [-0.2, -0.15) is 4.98 Å². The fourth-order valence-electron chi connectivity index (χ4n) is 6.13. The minimum absolute atomic E-state index is 0.210. The fourth-order valence-corrected chi connectivity index (χ4v) is 6.13. The number of fused-ring (bicyclic) bond motifs is 2. The predicted molar refractivity (Wildman–Crippen MR) is 155 cm³/mol. The van der Waals surface area contributed by atoms with Crippen molar-refractivity contribution in [3.8, 4) is 5.82 Å². The summed E-state index contributed by atoms with van der Waals surface area (Å²) in [6.07, 6.45) is 6.79. The number of nitrogens with zero attached hydrogens (tertiary/aromatic N) is 7. The fraction of sp³-hybridized carbons (Fsp3) is 0.400. The Morgan fingerprint density at radius 1 is 1.10 bits per heavy atom. The average molecular weight is 539 g/mol. The molecule has 0 bridgehead atoms. The van der Waals surface area contributed by atoms with Gasteiger partial charge in [0, 0.05) is 43.8 Å². The number of likely N-dealkylation sites (N-methyl/N-ethyl adjacent to an activating group) is 1. The van der Waals surface area contributed by atoms with E-state index >= 15 is 0 Å². The molecular formula is C30H34N8O2. The summed E-state index contributed by atoms with van der Waals surface area (Å²) in [7, 11) is 2.15. The third kappa shape index (κ3) is 4.18. The molecule has 10 nitrogen and oxygen atoms in total. The van der Waals surface area contributed by atoms with Crippen molar-refractivity contribution in [2.24, 2.45) is 5.92 Å². The van der Waals surface area contributed by atoms with E-state index in [4.69, 9.17) is 9.97 Å². The molecule has 3 aromatic heterocycles. The molecule has 1 aromatic carbocycles. The molecule has 0 radical (unpaired) electrons. The Morgan fingerprint density at radius 2 is 1.88 bits per heavy atom. The van der Waals surface area contributed by atoms with Crippen molar-refractivity contribution in [1.29, 1.82) is 0 Å². The molecule has 1 aliphatic heterocycles. The number of aliphatic hydroxyl groups is 1. The largest absolute Gasteiger partial charge is 0.383 e. The lowest BCUT2D eigenvalue weighted by Crippen LogP contribution is -2.44. The molecule has 2 aliphatic carbocycles. The number of nitrogens with one attached hydrogen (secondary N) is 1. The van der Waals surface area contributed by atoms with E-state index in [1.807, 2.05) is 24.3 Å². The highest BCUT2D eigenvalue weighted by Gasteiger charge is 2.50. The molecule has 4 heterocycles. The highest BCUT2D eigenvalue weighted by Crippen LogP contribution is 2.51. The monoisotopic (exact) mass is 538 g/mol. The van der Waals surface area contributed by atoms with Crippen molar-refractivity contribution in [1.82, 2.24) is 29.2 Å². The van der Waals surface area contributed by atoms with E-state index in [1.165, 1.54) is 5.69 Å². The summed E-state index contributed by atoms with van der Waals surface area (Å²) in [5.41, 5.74) is 3.22. The van der Waals surface area contributed by atoms with Crippen LogP contribution in [0.2, 0.25) is 0 Å². The molecule has 40 heavy (non-hydrogen) atoms. The van der Waals surface area contributed by atoms with Gasteiger partial charge in [-0.3, -0.25) is 4.79 Å². The van der Waals surface area contributed by atoms with Crippen LogP contribution >= 0.6 is 0 Å².